The van der Waals surface area contributed by atoms with Gasteiger partial charge in [0, 0.05) is 0 Å². The molecule has 0 spiro atoms. The Labute approximate surface area is 101 Å². The number of nitrogens with one attached hydrogen (secondary N) is 1. The van der Waals surface area contributed by atoms with Gasteiger partial charge in [0.05, 0.1) is 15.5 Å². The fourth-order valence-electron chi connectivity index (χ4n) is 1.13. The summed E-state index contributed by atoms with van der Waals surface area (Å²) in [6, 6.07) is 5.54. The number of thiazole rings is 1. The number of hydrogen-bond donors (Lipinski definition) is 2. The summed E-state index contributed by atoms with van der Waals surface area (Å²) < 4.78 is 0.956. The van der Waals surface area contributed by atoms with Gasteiger partial charge in [0.25, 0.3) is 0 Å². The number of rotatable bonds is 2. The molecular weight excluding hydrogens is 252 g/mol. The molecule has 2 rings (SSSR count). The van der Waals surface area contributed by atoms with Crippen LogP contribution in [-0.2, 0) is 4.79 Å². The van der Waals surface area contributed by atoms with Crippen LogP contribution >= 0.6 is 35.6 Å². The Morgan fingerprint density at radius 1 is 1.60 bits per heavy atom. The summed E-state index contributed by atoms with van der Waals surface area (Å²) in [5.41, 5.74) is 0.721. The van der Waals surface area contributed by atoms with Gasteiger partial charge in [0.15, 0.2) is 5.13 Å². The average Bonchev–Trinajstić information content (AvgIpc) is 2.62. The van der Waals surface area contributed by atoms with E-state index < -0.39 is 0 Å². The average molecular weight is 259 g/mol. The van der Waals surface area contributed by atoms with Crippen LogP contribution in [0.25, 0.3) is 10.2 Å². The van der Waals surface area contributed by atoms with Crippen LogP contribution in [0.1, 0.15) is 0 Å². The summed E-state index contributed by atoms with van der Waals surface area (Å²) in [6.07, 6.45) is 0. The maximum absolute atomic E-state index is 11.1. The van der Waals surface area contributed by atoms with E-state index in [1.165, 1.54) is 11.3 Å². The first-order chi connectivity index (χ1) is 7.20. The van der Waals surface area contributed by atoms with Crippen molar-refractivity contribution in [1.29, 1.82) is 0 Å². The van der Waals surface area contributed by atoms with Crippen molar-refractivity contribution < 1.29 is 4.79 Å². The third kappa shape index (κ3) is 2.25. The highest BCUT2D eigenvalue weighted by Gasteiger charge is 2.08. The Hall–Kier alpha value is -0.780. The highest BCUT2D eigenvalue weighted by atomic mass is 35.5. The van der Waals surface area contributed by atoms with Crippen molar-refractivity contribution in [2.75, 3.05) is 11.1 Å². The molecule has 78 valence electrons. The molecule has 0 aliphatic carbocycles. The molecular formula is C9H7ClN2OS2. The zero-order chi connectivity index (χ0) is 10.8. The predicted octanol–water partition coefficient (Wildman–Crippen LogP) is 2.82. The summed E-state index contributed by atoms with van der Waals surface area (Å²) in [4.78, 5) is 15.3. The van der Waals surface area contributed by atoms with E-state index in [2.05, 4.69) is 22.9 Å². The van der Waals surface area contributed by atoms with Gasteiger partial charge in [-0.25, -0.2) is 4.98 Å². The molecule has 0 atom stereocenters. The molecule has 0 aliphatic heterocycles. The first-order valence-corrected chi connectivity index (χ1v) is 5.99. The van der Waals surface area contributed by atoms with E-state index >= 15 is 0 Å². The van der Waals surface area contributed by atoms with Gasteiger partial charge in [0.2, 0.25) is 5.91 Å². The Bertz CT molecular complexity index is 512. The molecule has 0 unspecified atom stereocenters. The number of carbonyl (C=O) groups excluding carboxylic acids is 1. The zero-order valence-electron chi connectivity index (χ0n) is 7.53. The van der Waals surface area contributed by atoms with Crippen molar-refractivity contribution in [3.63, 3.8) is 0 Å². The molecule has 0 radical (unpaired) electrons. The van der Waals surface area contributed by atoms with Crippen LogP contribution in [0.3, 0.4) is 0 Å². The van der Waals surface area contributed by atoms with Gasteiger partial charge in [-0.2, -0.15) is 12.6 Å². The number of fused-ring (bicyclic) bond motifs is 1. The summed E-state index contributed by atoms with van der Waals surface area (Å²) in [6.45, 7) is 0. The summed E-state index contributed by atoms with van der Waals surface area (Å²) in [7, 11) is 0. The Morgan fingerprint density at radius 2 is 2.40 bits per heavy atom. The largest absolute Gasteiger partial charge is 0.301 e. The number of amides is 1. The molecule has 0 saturated heterocycles. The highest BCUT2D eigenvalue weighted by molar-refractivity contribution is 7.81. The molecule has 0 fully saturated rings. The fraction of sp³-hybridized carbons (Fsp3) is 0.111. The van der Waals surface area contributed by atoms with E-state index in [0.29, 0.717) is 10.2 Å². The lowest BCUT2D eigenvalue weighted by atomic mass is 10.3. The predicted molar refractivity (Wildman–Crippen MR) is 67.1 cm³/mol. The van der Waals surface area contributed by atoms with E-state index in [4.69, 9.17) is 11.6 Å². The summed E-state index contributed by atoms with van der Waals surface area (Å²) in [5.74, 6) is -0.0302. The SMILES string of the molecule is O=C(CS)Nc1nc2c(Cl)cccc2s1. The molecule has 0 saturated carbocycles. The van der Waals surface area contributed by atoms with Crippen LogP contribution in [0.5, 0.6) is 0 Å². The molecule has 3 nitrogen and oxygen atoms in total. The molecule has 1 aromatic carbocycles. The quantitative estimate of drug-likeness (QED) is 0.814. The third-order valence-electron chi connectivity index (χ3n) is 1.76. The van der Waals surface area contributed by atoms with Crippen molar-refractivity contribution >= 4 is 56.8 Å². The second kappa shape index (κ2) is 4.38. The Balaban J connectivity index is 2.39. The normalized spacial score (nSPS) is 10.5. The van der Waals surface area contributed by atoms with Gasteiger partial charge >= 0.3 is 0 Å². The monoisotopic (exact) mass is 258 g/mol. The van der Waals surface area contributed by atoms with Crippen LogP contribution in [0, 0.1) is 0 Å². The number of para-hydroxylation sites is 1. The number of carbonyl (C=O) groups is 1. The number of nitrogens with zero attached hydrogens (tertiary/aromatic N) is 1. The van der Waals surface area contributed by atoms with Crippen molar-refractivity contribution in [2.45, 2.75) is 0 Å². The lowest BCUT2D eigenvalue weighted by molar-refractivity contribution is -0.113. The zero-order valence-corrected chi connectivity index (χ0v) is 9.99. The lowest BCUT2D eigenvalue weighted by Gasteiger charge is -1.94. The molecule has 1 heterocycles. The van der Waals surface area contributed by atoms with Gasteiger partial charge < -0.3 is 5.32 Å². The van der Waals surface area contributed by atoms with Crippen LogP contribution in [0.4, 0.5) is 5.13 Å². The molecule has 0 aliphatic rings. The molecule has 6 heteroatoms. The molecule has 0 bridgehead atoms. The van der Waals surface area contributed by atoms with Crippen LogP contribution < -0.4 is 5.32 Å². The number of hydrogen-bond acceptors (Lipinski definition) is 4. The van der Waals surface area contributed by atoms with Gasteiger partial charge in [0.1, 0.15) is 5.52 Å². The van der Waals surface area contributed by atoms with Crippen LogP contribution in [-0.4, -0.2) is 16.6 Å². The first-order valence-electron chi connectivity index (χ1n) is 4.16. The van der Waals surface area contributed by atoms with Crippen molar-refractivity contribution in [1.82, 2.24) is 4.98 Å². The molecule has 15 heavy (non-hydrogen) atoms. The van der Waals surface area contributed by atoms with Crippen molar-refractivity contribution in [2.24, 2.45) is 0 Å². The molecule has 1 N–H and O–H groups in total. The van der Waals surface area contributed by atoms with Crippen LogP contribution in [0.2, 0.25) is 5.02 Å². The second-order valence-electron chi connectivity index (χ2n) is 2.81. The number of anilines is 1. The Kier molecular flexibility index (Phi) is 3.14. The van der Waals surface area contributed by atoms with Gasteiger partial charge in [-0.1, -0.05) is 29.0 Å². The summed E-state index contributed by atoms with van der Waals surface area (Å²) >= 11 is 11.2. The molecule has 2 aromatic rings. The third-order valence-corrected chi connectivity index (χ3v) is 3.29. The van der Waals surface area contributed by atoms with E-state index in [1.807, 2.05) is 12.1 Å². The van der Waals surface area contributed by atoms with Crippen molar-refractivity contribution in [3.8, 4) is 0 Å². The van der Waals surface area contributed by atoms with E-state index in [0.717, 1.165) is 10.2 Å². The topological polar surface area (TPSA) is 42.0 Å². The Morgan fingerprint density at radius 3 is 3.07 bits per heavy atom. The minimum Gasteiger partial charge on any atom is -0.301 e. The van der Waals surface area contributed by atoms with E-state index in [1.54, 1.807) is 6.07 Å². The van der Waals surface area contributed by atoms with E-state index in [-0.39, 0.29) is 11.7 Å². The smallest absolute Gasteiger partial charge is 0.235 e. The van der Waals surface area contributed by atoms with Gasteiger partial charge in [-0.05, 0) is 12.1 Å². The standard InChI is InChI=1S/C9H7ClN2OS2/c10-5-2-1-3-6-8(5)12-9(15-6)11-7(13)4-14/h1-3,14H,4H2,(H,11,12,13). The lowest BCUT2D eigenvalue weighted by Crippen LogP contribution is -2.12. The first kappa shape index (κ1) is 10.7. The van der Waals surface area contributed by atoms with Crippen LogP contribution in [0.15, 0.2) is 18.2 Å². The maximum Gasteiger partial charge on any atom is 0.235 e. The number of benzene rings is 1. The van der Waals surface area contributed by atoms with Crippen molar-refractivity contribution in [3.05, 3.63) is 23.2 Å². The highest BCUT2D eigenvalue weighted by Crippen LogP contribution is 2.30. The van der Waals surface area contributed by atoms with Gasteiger partial charge in [-0.15, -0.1) is 0 Å². The minimum absolute atomic E-state index is 0.143. The fourth-order valence-corrected chi connectivity index (χ4v) is 2.39. The maximum atomic E-state index is 11.1. The second-order valence-corrected chi connectivity index (χ2v) is 4.57. The number of halogens is 1. The minimum atomic E-state index is -0.173. The van der Waals surface area contributed by atoms with Gasteiger partial charge in [-0.3, -0.25) is 4.79 Å². The number of aromatic nitrogens is 1. The molecule has 1 aromatic heterocycles. The van der Waals surface area contributed by atoms with E-state index in [9.17, 15) is 4.79 Å². The molecule has 1 amide bonds. The number of thiol groups is 1. The summed E-state index contributed by atoms with van der Waals surface area (Å²) in [5, 5.41) is 3.79.